The molecule has 18 heavy (non-hydrogen) atoms. The summed E-state index contributed by atoms with van der Waals surface area (Å²) >= 11 is 0. The van der Waals surface area contributed by atoms with Gasteiger partial charge in [0.1, 0.15) is 0 Å². The van der Waals surface area contributed by atoms with Crippen LogP contribution in [0.1, 0.15) is 53.4 Å². The summed E-state index contributed by atoms with van der Waals surface area (Å²) in [6.07, 6.45) is 5.24. The van der Waals surface area contributed by atoms with E-state index in [4.69, 9.17) is 9.47 Å². The Morgan fingerprint density at radius 2 is 1.94 bits per heavy atom. The molecule has 0 bridgehead atoms. The molecule has 0 spiro atoms. The van der Waals surface area contributed by atoms with E-state index in [0.717, 1.165) is 32.6 Å². The summed E-state index contributed by atoms with van der Waals surface area (Å²) in [6, 6.07) is 0.494. The van der Waals surface area contributed by atoms with E-state index in [0.29, 0.717) is 18.1 Å². The van der Waals surface area contributed by atoms with Gasteiger partial charge in [-0.05, 0) is 31.7 Å². The molecule has 0 radical (unpaired) electrons. The zero-order chi connectivity index (χ0) is 13.4. The molecule has 0 aromatic rings. The van der Waals surface area contributed by atoms with Gasteiger partial charge in [-0.25, -0.2) is 0 Å². The van der Waals surface area contributed by atoms with Crippen molar-refractivity contribution in [2.75, 3.05) is 19.8 Å². The second-order valence-corrected chi connectivity index (χ2v) is 5.50. The Labute approximate surface area is 113 Å². The molecule has 1 rings (SSSR count). The maximum Gasteiger partial charge on any atom is 0.0990 e. The van der Waals surface area contributed by atoms with Gasteiger partial charge in [0.05, 0.1) is 12.2 Å². The van der Waals surface area contributed by atoms with Crippen molar-refractivity contribution in [3.05, 3.63) is 0 Å². The minimum Gasteiger partial charge on any atom is -0.375 e. The largest absolute Gasteiger partial charge is 0.375 e. The molecule has 0 aromatic heterocycles. The first-order chi connectivity index (χ1) is 8.72. The van der Waals surface area contributed by atoms with Crippen molar-refractivity contribution in [2.45, 2.75) is 71.6 Å². The Hall–Kier alpha value is -0.120. The van der Waals surface area contributed by atoms with Crippen LogP contribution < -0.4 is 5.32 Å². The molecule has 3 heteroatoms. The van der Waals surface area contributed by atoms with Gasteiger partial charge in [0.15, 0.2) is 0 Å². The number of nitrogens with one attached hydrogen (secondary N) is 1. The average Bonchev–Trinajstić information content (AvgIpc) is 2.33. The van der Waals surface area contributed by atoms with Gasteiger partial charge >= 0.3 is 0 Å². The Morgan fingerprint density at radius 3 is 2.56 bits per heavy atom. The normalized spacial score (nSPS) is 29.0. The molecule has 4 unspecified atom stereocenters. The first kappa shape index (κ1) is 15.9. The van der Waals surface area contributed by atoms with Crippen LogP contribution in [0.5, 0.6) is 0 Å². The lowest BCUT2D eigenvalue weighted by Gasteiger charge is -2.44. The fraction of sp³-hybridized carbons (Fsp3) is 1.00. The fourth-order valence-corrected chi connectivity index (χ4v) is 2.55. The van der Waals surface area contributed by atoms with E-state index in [1.165, 1.54) is 12.8 Å². The van der Waals surface area contributed by atoms with Crippen LogP contribution in [0, 0.1) is 5.92 Å². The molecular formula is C15H31NO2. The van der Waals surface area contributed by atoms with E-state index in [-0.39, 0.29) is 6.10 Å². The minimum atomic E-state index is 0.263. The number of likely N-dealkylation sites (N-methyl/N-ethyl adjacent to an activating group) is 1. The summed E-state index contributed by atoms with van der Waals surface area (Å²) in [4.78, 5) is 0. The zero-order valence-corrected chi connectivity index (χ0v) is 12.6. The zero-order valence-electron chi connectivity index (χ0n) is 12.6. The van der Waals surface area contributed by atoms with Gasteiger partial charge in [0, 0.05) is 19.3 Å². The summed E-state index contributed by atoms with van der Waals surface area (Å²) < 4.78 is 11.9. The molecule has 3 nitrogen and oxygen atoms in total. The van der Waals surface area contributed by atoms with Gasteiger partial charge in [0.25, 0.3) is 0 Å². The molecule has 1 fully saturated rings. The molecule has 0 saturated heterocycles. The van der Waals surface area contributed by atoms with Crippen LogP contribution >= 0.6 is 0 Å². The summed E-state index contributed by atoms with van der Waals surface area (Å²) in [5, 5.41) is 3.48. The molecule has 1 saturated carbocycles. The van der Waals surface area contributed by atoms with Crippen LogP contribution in [0.3, 0.4) is 0 Å². The summed E-state index contributed by atoms with van der Waals surface area (Å²) in [7, 11) is 0. The van der Waals surface area contributed by atoms with Gasteiger partial charge < -0.3 is 14.8 Å². The lowest BCUT2D eigenvalue weighted by atomic mass is 9.85. The van der Waals surface area contributed by atoms with Gasteiger partial charge in [-0.15, -0.1) is 0 Å². The summed E-state index contributed by atoms with van der Waals surface area (Å²) in [6.45, 7) is 11.5. The predicted molar refractivity (Wildman–Crippen MR) is 75.9 cm³/mol. The third-order valence-electron chi connectivity index (χ3n) is 3.61. The molecule has 4 atom stereocenters. The highest BCUT2D eigenvalue weighted by atomic mass is 16.5. The maximum atomic E-state index is 6.01. The molecule has 0 amide bonds. The third kappa shape index (κ3) is 4.87. The van der Waals surface area contributed by atoms with Gasteiger partial charge in [-0.2, -0.15) is 0 Å². The number of ether oxygens (including phenoxy) is 2. The van der Waals surface area contributed by atoms with Crippen molar-refractivity contribution >= 4 is 0 Å². The second kappa shape index (κ2) is 8.89. The summed E-state index contributed by atoms with van der Waals surface area (Å²) in [5.74, 6) is 0.667. The highest BCUT2D eigenvalue weighted by molar-refractivity contribution is 4.97. The van der Waals surface area contributed by atoms with E-state index in [9.17, 15) is 0 Å². The van der Waals surface area contributed by atoms with Crippen molar-refractivity contribution < 1.29 is 9.47 Å². The van der Waals surface area contributed by atoms with Crippen LogP contribution in [-0.2, 0) is 9.47 Å². The topological polar surface area (TPSA) is 30.5 Å². The first-order valence-corrected chi connectivity index (χ1v) is 7.69. The van der Waals surface area contributed by atoms with Crippen molar-refractivity contribution in [3.63, 3.8) is 0 Å². The highest BCUT2D eigenvalue weighted by Gasteiger charge is 2.42. The molecule has 1 aliphatic rings. The van der Waals surface area contributed by atoms with E-state index in [2.05, 4.69) is 33.0 Å². The van der Waals surface area contributed by atoms with Gasteiger partial charge in [-0.3, -0.25) is 0 Å². The van der Waals surface area contributed by atoms with Gasteiger partial charge in [-0.1, -0.05) is 34.1 Å². The average molecular weight is 257 g/mol. The van der Waals surface area contributed by atoms with Crippen LogP contribution in [-0.4, -0.2) is 38.0 Å². The Balaban J connectivity index is 2.27. The lowest BCUT2D eigenvalue weighted by Crippen LogP contribution is -2.60. The van der Waals surface area contributed by atoms with Crippen LogP contribution in [0.2, 0.25) is 0 Å². The summed E-state index contributed by atoms with van der Waals surface area (Å²) in [5.41, 5.74) is 0. The Kier molecular flexibility index (Phi) is 7.87. The van der Waals surface area contributed by atoms with Crippen molar-refractivity contribution in [1.82, 2.24) is 5.32 Å². The highest BCUT2D eigenvalue weighted by Crippen LogP contribution is 2.28. The van der Waals surface area contributed by atoms with Crippen molar-refractivity contribution in [3.8, 4) is 0 Å². The Morgan fingerprint density at radius 1 is 1.17 bits per heavy atom. The predicted octanol–water partition coefficient (Wildman–Crippen LogP) is 2.98. The van der Waals surface area contributed by atoms with Crippen LogP contribution in [0.4, 0.5) is 0 Å². The number of hydrogen-bond acceptors (Lipinski definition) is 3. The second-order valence-electron chi connectivity index (χ2n) is 5.50. The van der Waals surface area contributed by atoms with E-state index in [1.54, 1.807) is 0 Å². The van der Waals surface area contributed by atoms with E-state index in [1.807, 2.05) is 0 Å². The van der Waals surface area contributed by atoms with E-state index >= 15 is 0 Å². The number of hydrogen-bond donors (Lipinski definition) is 1. The molecule has 1 aliphatic carbocycles. The smallest absolute Gasteiger partial charge is 0.0990 e. The van der Waals surface area contributed by atoms with Crippen LogP contribution in [0.15, 0.2) is 0 Å². The number of rotatable bonds is 10. The maximum absolute atomic E-state index is 6.01. The van der Waals surface area contributed by atoms with Crippen molar-refractivity contribution in [1.29, 1.82) is 0 Å². The first-order valence-electron chi connectivity index (χ1n) is 7.69. The molecular weight excluding hydrogens is 226 g/mol. The third-order valence-corrected chi connectivity index (χ3v) is 3.61. The minimum absolute atomic E-state index is 0.263. The molecule has 108 valence electrons. The fourth-order valence-electron chi connectivity index (χ4n) is 2.55. The molecule has 0 aliphatic heterocycles. The van der Waals surface area contributed by atoms with E-state index < -0.39 is 0 Å². The van der Waals surface area contributed by atoms with Crippen molar-refractivity contribution in [2.24, 2.45) is 5.92 Å². The van der Waals surface area contributed by atoms with Crippen LogP contribution in [0.25, 0.3) is 0 Å². The Bertz CT molecular complexity index is 211. The monoisotopic (exact) mass is 257 g/mol. The molecule has 1 N–H and O–H groups in total. The quantitative estimate of drug-likeness (QED) is 0.652. The molecule has 0 aromatic carbocycles. The SMILES string of the molecule is CCCOC1C(NCC)CC1OCC(C)CCC. The standard InChI is InChI=1S/C15H31NO2/c1-5-8-12(4)11-18-14-10-13(16-7-3)15(14)17-9-6-2/h12-16H,5-11H2,1-4H3. The molecule has 0 heterocycles. The lowest BCUT2D eigenvalue weighted by molar-refractivity contribution is -0.151. The van der Waals surface area contributed by atoms with Gasteiger partial charge in [0.2, 0.25) is 0 Å².